The number of amides is 1. The van der Waals surface area contributed by atoms with Crippen molar-refractivity contribution in [2.24, 2.45) is 0 Å². The number of hydrogen-bond acceptors (Lipinski definition) is 7. The third-order valence-electron chi connectivity index (χ3n) is 3.64. The van der Waals surface area contributed by atoms with Gasteiger partial charge in [0, 0.05) is 17.3 Å². The number of nitrogens with one attached hydrogen (secondary N) is 1. The Morgan fingerprint density at radius 3 is 2.36 bits per heavy atom. The van der Waals surface area contributed by atoms with E-state index in [1.54, 1.807) is 24.3 Å². The Bertz CT molecular complexity index is 893. The lowest BCUT2D eigenvalue weighted by molar-refractivity contribution is -0.385. The number of carbonyl (C=O) groups is 3. The minimum atomic E-state index is -1.12. The van der Waals surface area contributed by atoms with Crippen LogP contribution in [0.25, 0.3) is 0 Å². The number of anilines is 1. The molecule has 28 heavy (non-hydrogen) atoms. The lowest BCUT2D eigenvalue weighted by atomic mass is 10.1. The van der Waals surface area contributed by atoms with Crippen molar-refractivity contribution in [1.82, 2.24) is 0 Å². The standard InChI is InChI=1S/C19H18N2O7/c1-12(22)14-7-9-15(10-8-14)20-19(24)13(2)28-18(23)11-27-17-6-4-3-5-16(17)21(25)26/h3-10,13H,11H2,1-2H3,(H,20,24)/t13-/m1/s1. The molecule has 0 aliphatic carbocycles. The van der Waals surface area contributed by atoms with E-state index >= 15 is 0 Å². The molecule has 1 N–H and O–H groups in total. The van der Waals surface area contributed by atoms with Gasteiger partial charge in [0.1, 0.15) is 0 Å². The van der Waals surface area contributed by atoms with Gasteiger partial charge in [-0.3, -0.25) is 19.7 Å². The normalized spacial score (nSPS) is 11.2. The van der Waals surface area contributed by atoms with Crippen LogP contribution in [0.15, 0.2) is 48.5 Å². The monoisotopic (exact) mass is 386 g/mol. The second-order valence-electron chi connectivity index (χ2n) is 5.77. The number of para-hydroxylation sites is 2. The summed E-state index contributed by atoms with van der Waals surface area (Å²) in [4.78, 5) is 45.5. The van der Waals surface area contributed by atoms with Crippen LogP contribution < -0.4 is 10.1 Å². The molecule has 2 aromatic carbocycles. The highest BCUT2D eigenvalue weighted by Crippen LogP contribution is 2.25. The highest BCUT2D eigenvalue weighted by atomic mass is 16.6. The lowest BCUT2D eigenvalue weighted by Crippen LogP contribution is -2.31. The van der Waals surface area contributed by atoms with E-state index in [9.17, 15) is 24.5 Å². The molecule has 1 atom stereocenters. The number of nitro groups is 1. The van der Waals surface area contributed by atoms with Crippen molar-refractivity contribution in [1.29, 1.82) is 0 Å². The molecule has 2 rings (SSSR count). The summed E-state index contributed by atoms with van der Waals surface area (Å²) in [6.07, 6.45) is -1.12. The van der Waals surface area contributed by atoms with Gasteiger partial charge in [-0.1, -0.05) is 12.1 Å². The fourth-order valence-corrected chi connectivity index (χ4v) is 2.18. The van der Waals surface area contributed by atoms with Crippen LogP contribution in [0, 0.1) is 10.1 Å². The minimum absolute atomic E-state index is 0.0767. The van der Waals surface area contributed by atoms with Gasteiger partial charge >= 0.3 is 11.7 Å². The van der Waals surface area contributed by atoms with Crippen molar-refractivity contribution in [2.45, 2.75) is 20.0 Å². The van der Waals surface area contributed by atoms with E-state index in [0.29, 0.717) is 11.3 Å². The van der Waals surface area contributed by atoms with Gasteiger partial charge in [-0.15, -0.1) is 0 Å². The molecule has 9 heteroatoms. The van der Waals surface area contributed by atoms with Gasteiger partial charge in [0.05, 0.1) is 4.92 Å². The molecule has 0 aliphatic heterocycles. The second-order valence-corrected chi connectivity index (χ2v) is 5.77. The maximum absolute atomic E-state index is 12.1. The van der Waals surface area contributed by atoms with Crippen molar-refractivity contribution in [2.75, 3.05) is 11.9 Å². The number of esters is 1. The maximum Gasteiger partial charge on any atom is 0.344 e. The van der Waals surface area contributed by atoms with Crippen LogP contribution in [0.3, 0.4) is 0 Å². The summed E-state index contributed by atoms with van der Waals surface area (Å²) < 4.78 is 10.1. The van der Waals surface area contributed by atoms with Crippen molar-refractivity contribution < 1.29 is 28.8 Å². The molecule has 0 bridgehead atoms. The Balaban J connectivity index is 1.87. The Labute approximate surface area is 160 Å². The van der Waals surface area contributed by atoms with Gasteiger partial charge < -0.3 is 14.8 Å². The third kappa shape index (κ3) is 5.63. The second kappa shape index (κ2) is 9.26. The number of rotatable bonds is 8. The Hall–Kier alpha value is -3.75. The highest BCUT2D eigenvalue weighted by molar-refractivity contribution is 5.97. The van der Waals surface area contributed by atoms with Gasteiger partial charge in [0.2, 0.25) is 0 Å². The molecule has 146 valence electrons. The Kier molecular flexibility index (Phi) is 6.80. The molecule has 0 saturated heterocycles. The largest absolute Gasteiger partial charge is 0.475 e. The number of hydrogen-bond donors (Lipinski definition) is 1. The van der Waals surface area contributed by atoms with Crippen LogP contribution in [0.4, 0.5) is 11.4 Å². The van der Waals surface area contributed by atoms with Crippen LogP contribution in [0.5, 0.6) is 5.75 Å². The topological polar surface area (TPSA) is 125 Å². The molecular weight excluding hydrogens is 368 g/mol. The van der Waals surface area contributed by atoms with E-state index in [4.69, 9.17) is 9.47 Å². The fourth-order valence-electron chi connectivity index (χ4n) is 2.18. The van der Waals surface area contributed by atoms with E-state index in [0.717, 1.165) is 0 Å². The molecule has 0 fully saturated rings. The summed E-state index contributed by atoms with van der Waals surface area (Å²) >= 11 is 0. The van der Waals surface area contributed by atoms with Gasteiger partial charge in [0.25, 0.3) is 5.91 Å². The molecule has 2 aromatic rings. The Morgan fingerprint density at radius 1 is 1.11 bits per heavy atom. The van der Waals surface area contributed by atoms with Crippen LogP contribution in [0.1, 0.15) is 24.2 Å². The van der Waals surface area contributed by atoms with Crippen LogP contribution in [-0.2, 0) is 14.3 Å². The zero-order chi connectivity index (χ0) is 20.7. The van der Waals surface area contributed by atoms with Crippen molar-refractivity contribution in [3.8, 4) is 5.75 Å². The molecule has 0 aliphatic rings. The molecule has 9 nitrogen and oxygen atoms in total. The smallest absolute Gasteiger partial charge is 0.344 e. The summed E-state index contributed by atoms with van der Waals surface area (Å²) in [5, 5.41) is 13.5. The first kappa shape index (κ1) is 20.6. The van der Waals surface area contributed by atoms with Gasteiger partial charge in [0.15, 0.2) is 24.2 Å². The predicted molar refractivity (Wildman–Crippen MR) is 99.2 cm³/mol. The van der Waals surface area contributed by atoms with E-state index in [-0.39, 0.29) is 17.2 Å². The summed E-state index contributed by atoms with van der Waals surface area (Å²) in [6, 6.07) is 11.8. The van der Waals surface area contributed by atoms with Gasteiger partial charge in [-0.05, 0) is 44.2 Å². The zero-order valence-corrected chi connectivity index (χ0v) is 15.2. The molecule has 0 aromatic heterocycles. The first-order valence-corrected chi connectivity index (χ1v) is 8.25. The average Bonchev–Trinajstić information content (AvgIpc) is 2.66. The summed E-state index contributed by atoms with van der Waals surface area (Å²) in [6.45, 7) is 2.22. The van der Waals surface area contributed by atoms with Crippen molar-refractivity contribution >= 4 is 29.0 Å². The van der Waals surface area contributed by atoms with E-state index in [1.165, 1.54) is 38.1 Å². The number of nitrogens with zero attached hydrogens (tertiary/aromatic N) is 1. The SMILES string of the molecule is CC(=O)c1ccc(NC(=O)[C@@H](C)OC(=O)COc2ccccc2[N+](=O)[O-])cc1. The molecule has 0 unspecified atom stereocenters. The van der Waals surface area contributed by atoms with Crippen LogP contribution in [-0.4, -0.2) is 35.3 Å². The zero-order valence-electron chi connectivity index (χ0n) is 15.2. The minimum Gasteiger partial charge on any atom is -0.475 e. The van der Waals surface area contributed by atoms with Gasteiger partial charge in [-0.25, -0.2) is 4.79 Å². The summed E-state index contributed by atoms with van der Waals surface area (Å²) in [5.74, 6) is -1.60. The predicted octanol–water partition coefficient (Wildman–Crippen LogP) is 2.75. The molecule has 0 saturated carbocycles. The molecule has 1 amide bonds. The average molecular weight is 386 g/mol. The Morgan fingerprint density at radius 2 is 1.75 bits per heavy atom. The molecule has 0 spiro atoms. The number of benzene rings is 2. The molecule has 0 heterocycles. The van der Waals surface area contributed by atoms with Crippen molar-refractivity contribution in [3.05, 3.63) is 64.2 Å². The third-order valence-corrected chi connectivity index (χ3v) is 3.64. The number of ether oxygens (including phenoxy) is 2. The van der Waals surface area contributed by atoms with E-state index in [1.807, 2.05) is 0 Å². The van der Waals surface area contributed by atoms with Crippen molar-refractivity contribution in [3.63, 3.8) is 0 Å². The first-order chi connectivity index (χ1) is 13.3. The molecule has 0 radical (unpaired) electrons. The molecular formula is C19H18N2O7. The lowest BCUT2D eigenvalue weighted by Gasteiger charge is -2.14. The van der Waals surface area contributed by atoms with Crippen LogP contribution in [0.2, 0.25) is 0 Å². The number of nitro benzene ring substituents is 1. The number of carbonyl (C=O) groups excluding carboxylic acids is 3. The van der Waals surface area contributed by atoms with E-state index < -0.39 is 29.5 Å². The van der Waals surface area contributed by atoms with Crippen LogP contribution >= 0.6 is 0 Å². The summed E-state index contributed by atoms with van der Waals surface area (Å²) in [5.41, 5.74) is 0.661. The highest BCUT2D eigenvalue weighted by Gasteiger charge is 2.20. The maximum atomic E-state index is 12.1. The summed E-state index contributed by atoms with van der Waals surface area (Å²) in [7, 11) is 0. The number of ketones is 1. The first-order valence-electron chi connectivity index (χ1n) is 8.25. The quantitative estimate of drug-likeness (QED) is 0.320. The van der Waals surface area contributed by atoms with E-state index in [2.05, 4.69) is 5.32 Å². The van der Waals surface area contributed by atoms with Gasteiger partial charge in [-0.2, -0.15) is 0 Å². The number of Topliss-reactive ketones (excluding diaryl/α,β-unsaturated/α-hetero) is 1. The fraction of sp³-hybridized carbons (Fsp3) is 0.211.